The van der Waals surface area contributed by atoms with Gasteiger partial charge < -0.3 is 10.6 Å². The minimum atomic E-state index is -0.193. The smallest absolute Gasteiger partial charge is 0.253 e. The van der Waals surface area contributed by atoms with E-state index in [1.54, 1.807) is 36.8 Å². The number of benzene rings is 2. The first-order valence-electron chi connectivity index (χ1n) is 10.4. The minimum absolute atomic E-state index is 0.191. The van der Waals surface area contributed by atoms with Gasteiger partial charge in [0.25, 0.3) is 5.91 Å². The van der Waals surface area contributed by atoms with Crippen molar-refractivity contribution in [2.75, 3.05) is 11.9 Å². The zero-order valence-electron chi connectivity index (χ0n) is 17.5. The normalized spacial score (nSPS) is 10.5. The molecule has 6 heteroatoms. The van der Waals surface area contributed by atoms with Crippen LogP contribution >= 0.6 is 0 Å². The molecule has 2 aromatic heterocycles. The Bertz CT molecular complexity index is 1180. The maximum atomic E-state index is 13.8. The van der Waals surface area contributed by atoms with Crippen LogP contribution in [0.25, 0.3) is 11.3 Å². The first-order valence-corrected chi connectivity index (χ1v) is 10.4. The summed E-state index contributed by atoms with van der Waals surface area (Å²) in [5.74, 6) is -0.383. The lowest BCUT2D eigenvalue weighted by atomic mass is 10.1. The third-order valence-corrected chi connectivity index (χ3v) is 5.07. The van der Waals surface area contributed by atoms with Crippen molar-refractivity contribution in [2.45, 2.75) is 13.0 Å². The van der Waals surface area contributed by atoms with Gasteiger partial charge in [-0.3, -0.25) is 14.8 Å². The van der Waals surface area contributed by atoms with Crippen LogP contribution in [0.2, 0.25) is 0 Å². The summed E-state index contributed by atoms with van der Waals surface area (Å²) >= 11 is 0. The lowest BCUT2D eigenvalue weighted by molar-refractivity contribution is 0.0950. The summed E-state index contributed by atoms with van der Waals surface area (Å²) in [5.41, 5.74) is 4.68. The van der Waals surface area contributed by atoms with Gasteiger partial charge >= 0.3 is 0 Å². The number of halogens is 1. The van der Waals surface area contributed by atoms with Crippen molar-refractivity contribution in [1.29, 1.82) is 0 Å². The molecule has 5 nitrogen and oxygen atoms in total. The third kappa shape index (κ3) is 5.35. The summed E-state index contributed by atoms with van der Waals surface area (Å²) < 4.78 is 13.8. The number of para-hydroxylation sites is 1. The number of hydrogen-bond donors (Lipinski definition) is 2. The highest BCUT2D eigenvalue weighted by Crippen LogP contribution is 2.26. The van der Waals surface area contributed by atoms with E-state index in [2.05, 4.69) is 20.6 Å². The SMILES string of the molecule is O=C(NCc1cccnc1)c1ccc(-c2ccccc2NCCc2ccccc2F)nc1. The van der Waals surface area contributed by atoms with Gasteiger partial charge in [0.15, 0.2) is 0 Å². The van der Waals surface area contributed by atoms with Gasteiger partial charge in [0.1, 0.15) is 5.82 Å². The minimum Gasteiger partial charge on any atom is -0.384 e. The van der Waals surface area contributed by atoms with Crippen LogP contribution in [0.5, 0.6) is 0 Å². The molecule has 0 spiro atoms. The predicted octanol–water partition coefficient (Wildman–Crippen LogP) is 4.87. The Kier molecular flexibility index (Phi) is 6.82. The Balaban J connectivity index is 1.40. The summed E-state index contributed by atoms with van der Waals surface area (Å²) in [7, 11) is 0. The predicted molar refractivity (Wildman–Crippen MR) is 124 cm³/mol. The second kappa shape index (κ2) is 10.3. The Hall–Kier alpha value is -4.06. The highest BCUT2D eigenvalue weighted by atomic mass is 19.1. The van der Waals surface area contributed by atoms with Crippen LogP contribution in [-0.2, 0) is 13.0 Å². The number of nitrogens with one attached hydrogen (secondary N) is 2. The number of anilines is 1. The summed E-state index contributed by atoms with van der Waals surface area (Å²) in [4.78, 5) is 21.0. The Morgan fingerprint density at radius 1 is 0.906 bits per heavy atom. The second-order valence-electron chi connectivity index (χ2n) is 7.29. The molecule has 2 aromatic carbocycles. The molecule has 0 bridgehead atoms. The first-order chi connectivity index (χ1) is 15.7. The van der Waals surface area contributed by atoms with Gasteiger partial charge in [-0.15, -0.1) is 0 Å². The Morgan fingerprint density at radius 2 is 1.75 bits per heavy atom. The fraction of sp³-hybridized carbons (Fsp3) is 0.115. The number of rotatable bonds is 8. The summed E-state index contributed by atoms with van der Waals surface area (Å²) in [5, 5.41) is 6.24. The number of carbonyl (C=O) groups excluding carboxylic acids is 1. The molecule has 0 saturated heterocycles. The molecule has 0 atom stereocenters. The molecular formula is C26H23FN4O. The van der Waals surface area contributed by atoms with Crippen molar-refractivity contribution < 1.29 is 9.18 Å². The average molecular weight is 426 g/mol. The fourth-order valence-corrected chi connectivity index (χ4v) is 3.37. The monoisotopic (exact) mass is 426 g/mol. The first kappa shape index (κ1) is 21.2. The van der Waals surface area contributed by atoms with Gasteiger partial charge in [-0.1, -0.05) is 42.5 Å². The largest absolute Gasteiger partial charge is 0.384 e. The van der Waals surface area contributed by atoms with Gasteiger partial charge in [0, 0.05) is 42.9 Å². The molecule has 0 radical (unpaired) electrons. The summed E-state index contributed by atoms with van der Waals surface area (Å²) in [6, 6.07) is 21.9. The number of carbonyl (C=O) groups is 1. The topological polar surface area (TPSA) is 66.9 Å². The molecule has 32 heavy (non-hydrogen) atoms. The standard InChI is InChI=1S/C26H23FN4O/c27-23-9-3-1-7-20(23)13-15-29-24-10-4-2-8-22(24)25-12-11-21(18-30-25)26(32)31-17-19-6-5-14-28-16-19/h1-12,14,16,18,29H,13,15,17H2,(H,31,32). The molecule has 0 aliphatic rings. The van der Waals surface area contributed by atoms with Crippen LogP contribution in [0.15, 0.2) is 91.4 Å². The van der Waals surface area contributed by atoms with Crippen molar-refractivity contribution in [3.05, 3.63) is 114 Å². The van der Waals surface area contributed by atoms with Crippen molar-refractivity contribution >= 4 is 11.6 Å². The van der Waals surface area contributed by atoms with Crippen LogP contribution in [0.1, 0.15) is 21.5 Å². The van der Waals surface area contributed by atoms with E-state index in [1.807, 2.05) is 48.5 Å². The number of pyridine rings is 2. The number of hydrogen-bond acceptors (Lipinski definition) is 4. The number of aromatic nitrogens is 2. The molecular weight excluding hydrogens is 403 g/mol. The van der Waals surface area contributed by atoms with E-state index in [0.717, 1.165) is 22.5 Å². The summed E-state index contributed by atoms with van der Waals surface area (Å²) in [6.45, 7) is 0.996. The zero-order valence-corrected chi connectivity index (χ0v) is 17.5. The second-order valence-corrected chi connectivity index (χ2v) is 7.29. The molecule has 1 amide bonds. The van der Waals surface area contributed by atoms with E-state index >= 15 is 0 Å². The molecule has 0 aliphatic carbocycles. The maximum absolute atomic E-state index is 13.8. The maximum Gasteiger partial charge on any atom is 0.253 e. The lowest BCUT2D eigenvalue weighted by Gasteiger charge is -2.12. The van der Waals surface area contributed by atoms with Crippen LogP contribution < -0.4 is 10.6 Å². The number of nitrogens with zero attached hydrogens (tertiary/aromatic N) is 2. The van der Waals surface area contributed by atoms with Crippen LogP contribution in [0.4, 0.5) is 10.1 Å². The summed E-state index contributed by atoms with van der Waals surface area (Å²) in [6.07, 6.45) is 5.56. The third-order valence-electron chi connectivity index (χ3n) is 5.07. The molecule has 0 aliphatic heterocycles. The van der Waals surface area contributed by atoms with E-state index < -0.39 is 0 Å². The molecule has 0 saturated carbocycles. The van der Waals surface area contributed by atoms with Crippen molar-refractivity contribution in [1.82, 2.24) is 15.3 Å². The van der Waals surface area contributed by atoms with Gasteiger partial charge in [-0.2, -0.15) is 0 Å². The molecule has 2 heterocycles. The lowest BCUT2D eigenvalue weighted by Crippen LogP contribution is -2.22. The zero-order chi connectivity index (χ0) is 22.2. The van der Waals surface area contributed by atoms with E-state index in [9.17, 15) is 9.18 Å². The Labute approximate surface area is 186 Å². The Morgan fingerprint density at radius 3 is 2.53 bits per heavy atom. The van der Waals surface area contributed by atoms with Crippen molar-refractivity contribution in [3.63, 3.8) is 0 Å². The van der Waals surface area contributed by atoms with Gasteiger partial charge in [-0.05, 0) is 47.9 Å². The van der Waals surface area contributed by atoms with Gasteiger partial charge in [0.2, 0.25) is 0 Å². The molecule has 4 aromatic rings. The van der Waals surface area contributed by atoms with Crippen molar-refractivity contribution in [3.8, 4) is 11.3 Å². The van der Waals surface area contributed by atoms with E-state index in [-0.39, 0.29) is 11.7 Å². The van der Waals surface area contributed by atoms with Crippen LogP contribution in [0, 0.1) is 5.82 Å². The van der Waals surface area contributed by atoms with Crippen LogP contribution in [-0.4, -0.2) is 22.4 Å². The van der Waals surface area contributed by atoms with Gasteiger partial charge in [0.05, 0.1) is 11.3 Å². The highest BCUT2D eigenvalue weighted by Gasteiger charge is 2.10. The fourth-order valence-electron chi connectivity index (χ4n) is 3.37. The molecule has 2 N–H and O–H groups in total. The van der Waals surface area contributed by atoms with E-state index in [4.69, 9.17) is 0 Å². The van der Waals surface area contributed by atoms with Crippen molar-refractivity contribution in [2.24, 2.45) is 0 Å². The van der Waals surface area contributed by atoms with Gasteiger partial charge in [-0.25, -0.2) is 4.39 Å². The molecule has 160 valence electrons. The average Bonchev–Trinajstić information content (AvgIpc) is 2.85. The highest BCUT2D eigenvalue weighted by molar-refractivity contribution is 5.94. The van der Waals surface area contributed by atoms with Crippen LogP contribution in [0.3, 0.4) is 0 Å². The molecule has 0 unspecified atom stereocenters. The molecule has 0 fully saturated rings. The van der Waals surface area contributed by atoms with E-state index in [1.165, 1.54) is 6.07 Å². The quantitative estimate of drug-likeness (QED) is 0.422. The number of amides is 1. The van der Waals surface area contributed by atoms with E-state index in [0.29, 0.717) is 30.6 Å². The molecule has 4 rings (SSSR count).